The minimum Gasteiger partial charge on any atom is -0.497 e. The summed E-state index contributed by atoms with van der Waals surface area (Å²) >= 11 is 0. The van der Waals surface area contributed by atoms with Crippen molar-refractivity contribution in [2.75, 3.05) is 20.2 Å². The fourth-order valence-electron chi connectivity index (χ4n) is 3.17. The van der Waals surface area contributed by atoms with Gasteiger partial charge in [0, 0.05) is 12.6 Å². The van der Waals surface area contributed by atoms with Crippen LogP contribution in [-0.4, -0.2) is 38.3 Å². The first kappa shape index (κ1) is 16.2. The molecule has 1 heterocycles. The lowest BCUT2D eigenvalue weighted by Gasteiger charge is -2.29. The lowest BCUT2D eigenvalue weighted by Crippen LogP contribution is -2.52. The van der Waals surface area contributed by atoms with Crippen molar-refractivity contribution in [3.8, 4) is 5.75 Å². The van der Waals surface area contributed by atoms with Crippen molar-refractivity contribution in [1.82, 2.24) is 10.6 Å². The van der Waals surface area contributed by atoms with Crippen molar-refractivity contribution in [3.05, 3.63) is 29.6 Å². The molecule has 0 bridgehead atoms. The van der Waals surface area contributed by atoms with E-state index in [0.717, 1.165) is 18.4 Å². The van der Waals surface area contributed by atoms with Crippen LogP contribution in [0.1, 0.15) is 24.8 Å². The summed E-state index contributed by atoms with van der Waals surface area (Å²) in [6.07, 6.45) is 1.49. The van der Waals surface area contributed by atoms with Gasteiger partial charge < -0.3 is 15.4 Å². The Hall–Kier alpha value is -1.69. The lowest BCUT2D eigenvalue weighted by molar-refractivity contribution is -0.127. The van der Waals surface area contributed by atoms with Crippen molar-refractivity contribution in [2.45, 2.75) is 37.9 Å². The van der Waals surface area contributed by atoms with Gasteiger partial charge >= 0.3 is 0 Å². The molecule has 1 saturated carbocycles. The van der Waals surface area contributed by atoms with Gasteiger partial charge in [-0.3, -0.25) is 4.79 Å². The van der Waals surface area contributed by atoms with Gasteiger partial charge in [0.2, 0.25) is 5.91 Å². The highest BCUT2D eigenvalue weighted by atomic mass is 19.1. The predicted octanol–water partition coefficient (Wildman–Crippen LogP) is 1.97. The van der Waals surface area contributed by atoms with Crippen LogP contribution >= 0.6 is 0 Å². The summed E-state index contributed by atoms with van der Waals surface area (Å²) in [5.41, 5.74) is 0.209. The van der Waals surface area contributed by atoms with Gasteiger partial charge in [-0.2, -0.15) is 0 Å². The largest absolute Gasteiger partial charge is 0.497 e. The lowest BCUT2D eigenvalue weighted by atomic mass is 9.94. The van der Waals surface area contributed by atoms with Crippen LogP contribution in [0, 0.1) is 11.2 Å². The summed E-state index contributed by atoms with van der Waals surface area (Å²) in [5, 5.41) is 5.82. The van der Waals surface area contributed by atoms with Crippen molar-refractivity contribution in [2.24, 2.45) is 5.41 Å². The number of amides is 1. The molecule has 0 unspecified atom stereocenters. The van der Waals surface area contributed by atoms with Crippen LogP contribution in [-0.2, 0) is 11.2 Å². The molecule has 23 heavy (non-hydrogen) atoms. The second kappa shape index (κ2) is 6.43. The molecule has 2 N–H and O–H groups in total. The number of rotatable bonds is 5. The number of alkyl halides is 1. The monoisotopic (exact) mass is 324 g/mol. The van der Waals surface area contributed by atoms with E-state index in [-0.39, 0.29) is 18.3 Å². The average molecular weight is 324 g/mol. The van der Waals surface area contributed by atoms with E-state index < -0.39 is 17.6 Å². The highest BCUT2D eigenvalue weighted by Gasteiger charge is 2.50. The zero-order chi connectivity index (χ0) is 16.4. The Morgan fingerprint density at radius 1 is 1.43 bits per heavy atom. The Bertz CT molecular complexity index is 590. The Kier molecular flexibility index (Phi) is 4.53. The normalized spacial score (nSPS) is 25.7. The molecule has 2 fully saturated rings. The highest BCUT2D eigenvalue weighted by Crippen LogP contribution is 2.49. The summed E-state index contributed by atoms with van der Waals surface area (Å²) in [4.78, 5) is 12.6. The molecule has 1 aliphatic heterocycles. The zero-order valence-corrected chi connectivity index (χ0v) is 13.2. The molecule has 1 saturated heterocycles. The van der Waals surface area contributed by atoms with Gasteiger partial charge in [-0.15, -0.1) is 0 Å². The van der Waals surface area contributed by atoms with E-state index >= 15 is 0 Å². The minimum atomic E-state index is -1.06. The van der Waals surface area contributed by atoms with Crippen LogP contribution in [0.2, 0.25) is 0 Å². The van der Waals surface area contributed by atoms with Crippen LogP contribution in [0.5, 0.6) is 5.75 Å². The van der Waals surface area contributed by atoms with Gasteiger partial charge in [-0.25, -0.2) is 8.78 Å². The molecule has 2 atom stereocenters. The van der Waals surface area contributed by atoms with Crippen molar-refractivity contribution in [3.63, 3.8) is 0 Å². The highest BCUT2D eigenvalue weighted by molar-refractivity contribution is 5.86. The van der Waals surface area contributed by atoms with Crippen LogP contribution in [0.15, 0.2) is 18.2 Å². The fraction of sp³-hybridized carbons (Fsp3) is 0.588. The molecule has 4 nitrogen and oxygen atoms in total. The standard InChI is InChI=1S/C17H22F2N2O2/c1-23-13-7-11(6-12(18)8-13)9-17(3-4-17)16(22)21-15-2-5-20-10-14(15)19/h6-8,14-15,20H,2-5,9-10H2,1H3,(H,21,22)/t14-,15-/m0/s1. The van der Waals surface area contributed by atoms with Gasteiger partial charge in [0.1, 0.15) is 17.7 Å². The number of nitrogens with one attached hydrogen (secondary N) is 2. The maximum absolute atomic E-state index is 13.9. The molecule has 0 aromatic heterocycles. The van der Waals surface area contributed by atoms with Crippen molar-refractivity contribution >= 4 is 5.91 Å². The summed E-state index contributed by atoms with van der Waals surface area (Å²) < 4.78 is 32.5. The third-order valence-electron chi connectivity index (χ3n) is 4.77. The third kappa shape index (κ3) is 3.63. The Balaban J connectivity index is 1.67. The Morgan fingerprint density at radius 3 is 2.87 bits per heavy atom. The van der Waals surface area contributed by atoms with Crippen LogP contribution in [0.4, 0.5) is 8.78 Å². The number of ether oxygens (including phenoxy) is 1. The number of methoxy groups -OCH3 is 1. The number of benzene rings is 1. The molecule has 1 amide bonds. The van der Waals surface area contributed by atoms with E-state index in [9.17, 15) is 13.6 Å². The van der Waals surface area contributed by atoms with E-state index in [4.69, 9.17) is 4.74 Å². The maximum Gasteiger partial charge on any atom is 0.226 e. The Labute approximate surface area is 134 Å². The number of hydrogen-bond donors (Lipinski definition) is 2. The van der Waals surface area contributed by atoms with Crippen LogP contribution < -0.4 is 15.4 Å². The van der Waals surface area contributed by atoms with E-state index in [0.29, 0.717) is 25.1 Å². The molecule has 1 aromatic rings. The Morgan fingerprint density at radius 2 is 2.22 bits per heavy atom. The summed E-state index contributed by atoms with van der Waals surface area (Å²) in [5.74, 6) is -0.0496. The molecule has 1 aliphatic carbocycles. The molecule has 6 heteroatoms. The number of hydrogen-bond acceptors (Lipinski definition) is 3. The van der Waals surface area contributed by atoms with Gasteiger partial charge in [0.05, 0.1) is 18.6 Å². The first-order valence-electron chi connectivity index (χ1n) is 8.02. The van der Waals surface area contributed by atoms with Crippen molar-refractivity contribution < 1.29 is 18.3 Å². The number of piperidine rings is 1. The quantitative estimate of drug-likeness (QED) is 0.871. The van der Waals surface area contributed by atoms with Crippen LogP contribution in [0.25, 0.3) is 0 Å². The topological polar surface area (TPSA) is 50.4 Å². The van der Waals surface area contributed by atoms with E-state index in [1.165, 1.54) is 19.2 Å². The number of halogens is 2. The number of carbonyl (C=O) groups is 1. The second-order valence-corrected chi connectivity index (χ2v) is 6.55. The maximum atomic E-state index is 13.9. The van der Waals surface area contributed by atoms with Gasteiger partial charge in [0.25, 0.3) is 0 Å². The molecular weight excluding hydrogens is 302 g/mol. The molecule has 2 aliphatic rings. The smallest absolute Gasteiger partial charge is 0.226 e. The summed E-state index contributed by atoms with van der Waals surface area (Å²) in [6.45, 7) is 0.985. The SMILES string of the molecule is COc1cc(F)cc(CC2(C(=O)N[C@H]3CCNC[C@@H]3F)CC2)c1. The zero-order valence-electron chi connectivity index (χ0n) is 13.2. The number of carbonyl (C=O) groups excluding carboxylic acids is 1. The molecule has 3 rings (SSSR count). The average Bonchev–Trinajstić information content (AvgIpc) is 3.29. The first-order chi connectivity index (χ1) is 11.0. The summed E-state index contributed by atoms with van der Waals surface area (Å²) in [7, 11) is 1.48. The van der Waals surface area contributed by atoms with E-state index in [1.54, 1.807) is 6.07 Å². The predicted molar refractivity (Wildman–Crippen MR) is 82.6 cm³/mol. The van der Waals surface area contributed by atoms with Gasteiger partial charge in [0.15, 0.2) is 0 Å². The summed E-state index contributed by atoms with van der Waals surface area (Å²) in [6, 6.07) is 4.06. The second-order valence-electron chi connectivity index (χ2n) is 6.55. The molecule has 126 valence electrons. The molecule has 0 spiro atoms. The van der Waals surface area contributed by atoms with Gasteiger partial charge in [-0.1, -0.05) is 0 Å². The van der Waals surface area contributed by atoms with E-state index in [1.807, 2.05) is 0 Å². The third-order valence-corrected chi connectivity index (χ3v) is 4.77. The molecule has 0 radical (unpaired) electrons. The fourth-order valence-corrected chi connectivity index (χ4v) is 3.17. The molecular formula is C17H22F2N2O2. The first-order valence-corrected chi connectivity index (χ1v) is 8.02. The van der Waals surface area contributed by atoms with Crippen LogP contribution in [0.3, 0.4) is 0 Å². The minimum absolute atomic E-state index is 0.115. The van der Waals surface area contributed by atoms with Gasteiger partial charge in [-0.05, 0) is 49.9 Å². The molecule has 1 aromatic carbocycles. The van der Waals surface area contributed by atoms with E-state index in [2.05, 4.69) is 10.6 Å². The van der Waals surface area contributed by atoms with Crippen molar-refractivity contribution in [1.29, 1.82) is 0 Å².